The van der Waals surface area contributed by atoms with Crippen molar-refractivity contribution in [2.24, 2.45) is 5.92 Å². The van der Waals surface area contributed by atoms with Crippen molar-refractivity contribution in [2.45, 2.75) is 39.0 Å². The molecule has 3 aromatic rings. The summed E-state index contributed by atoms with van der Waals surface area (Å²) in [6.07, 6.45) is 8.39. The first-order valence-electron chi connectivity index (χ1n) is 11.3. The lowest BCUT2D eigenvalue weighted by Gasteiger charge is -2.30. The monoisotopic (exact) mass is 451 g/mol. The van der Waals surface area contributed by atoms with Gasteiger partial charge in [-0.1, -0.05) is 38.0 Å². The topological polar surface area (TPSA) is 80.1 Å². The van der Waals surface area contributed by atoms with Gasteiger partial charge < -0.3 is 10.2 Å². The summed E-state index contributed by atoms with van der Waals surface area (Å²) >= 11 is 1.45. The number of amides is 2. The van der Waals surface area contributed by atoms with E-state index in [1.807, 2.05) is 46.8 Å². The van der Waals surface area contributed by atoms with Crippen molar-refractivity contribution < 1.29 is 9.59 Å². The molecule has 1 N–H and O–H groups in total. The molecule has 0 spiro atoms. The fourth-order valence-corrected chi connectivity index (χ4v) is 4.67. The number of piperidine rings is 1. The van der Waals surface area contributed by atoms with Crippen LogP contribution in [0.3, 0.4) is 0 Å². The first kappa shape index (κ1) is 22.2. The molecular formula is C24H29N5O2S. The smallest absolute Gasteiger partial charge is 0.273 e. The Labute approximate surface area is 192 Å². The molecule has 7 nitrogen and oxygen atoms in total. The van der Waals surface area contributed by atoms with Gasteiger partial charge in [0.25, 0.3) is 5.91 Å². The van der Waals surface area contributed by atoms with Crippen molar-refractivity contribution in [3.8, 4) is 16.3 Å². The van der Waals surface area contributed by atoms with Gasteiger partial charge in [0.15, 0.2) is 0 Å². The van der Waals surface area contributed by atoms with Crippen molar-refractivity contribution in [1.82, 2.24) is 25.0 Å². The molecule has 1 saturated heterocycles. The van der Waals surface area contributed by atoms with Crippen LogP contribution in [0.1, 0.15) is 49.5 Å². The van der Waals surface area contributed by atoms with Crippen LogP contribution in [-0.4, -0.2) is 51.1 Å². The highest BCUT2D eigenvalue weighted by molar-refractivity contribution is 7.13. The Hall–Kier alpha value is -3.00. The van der Waals surface area contributed by atoms with Crippen molar-refractivity contribution in [3.05, 3.63) is 53.8 Å². The molecule has 2 aromatic heterocycles. The van der Waals surface area contributed by atoms with Crippen LogP contribution < -0.4 is 5.32 Å². The summed E-state index contributed by atoms with van der Waals surface area (Å²) < 4.78 is 1.80. The molecule has 0 unspecified atom stereocenters. The molecule has 0 atom stereocenters. The second-order valence-electron chi connectivity index (χ2n) is 8.11. The normalized spacial score (nSPS) is 14.5. The zero-order valence-electron chi connectivity index (χ0n) is 18.4. The van der Waals surface area contributed by atoms with Gasteiger partial charge in [-0.05, 0) is 31.4 Å². The molecule has 32 heavy (non-hydrogen) atoms. The second kappa shape index (κ2) is 10.5. The minimum atomic E-state index is -0.0650. The molecule has 0 aliphatic carbocycles. The number of para-hydroxylation sites is 1. The number of nitrogens with one attached hydrogen (secondary N) is 1. The third-order valence-corrected chi connectivity index (χ3v) is 6.70. The fraction of sp³-hybridized carbons (Fsp3) is 0.417. The minimum absolute atomic E-state index is 0.00417. The molecule has 0 saturated carbocycles. The van der Waals surface area contributed by atoms with Crippen LogP contribution in [0.5, 0.6) is 0 Å². The molecule has 1 aliphatic rings. The lowest BCUT2D eigenvalue weighted by Crippen LogP contribution is -2.43. The van der Waals surface area contributed by atoms with Gasteiger partial charge in [0.1, 0.15) is 10.7 Å². The predicted octanol–water partition coefficient (Wildman–Crippen LogP) is 4.15. The molecule has 2 amide bonds. The van der Waals surface area contributed by atoms with Gasteiger partial charge in [-0.2, -0.15) is 5.10 Å². The average molecular weight is 452 g/mol. The number of likely N-dealkylation sites (tertiary alicyclic amines) is 1. The Morgan fingerprint density at radius 3 is 2.69 bits per heavy atom. The van der Waals surface area contributed by atoms with Crippen LogP contribution in [0, 0.1) is 5.92 Å². The van der Waals surface area contributed by atoms with Gasteiger partial charge in [-0.3, -0.25) is 9.59 Å². The highest BCUT2D eigenvalue weighted by Gasteiger charge is 2.28. The number of benzene rings is 1. The first-order valence-corrected chi connectivity index (χ1v) is 12.2. The fourth-order valence-electron chi connectivity index (χ4n) is 3.90. The van der Waals surface area contributed by atoms with E-state index in [2.05, 4.69) is 22.3 Å². The van der Waals surface area contributed by atoms with Crippen LogP contribution in [0.15, 0.2) is 48.1 Å². The Bertz CT molecular complexity index is 1040. The van der Waals surface area contributed by atoms with Gasteiger partial charge in [-0.25, -0.2) is 9.67 Å². The molecule has 3 heterocycles. The Kier molecular flexibility index (Phi) is 7.32. The van der Waals surface area contributed by atoms with E-state index < -0.39 is 0 Å². The highest BCUT2D eigenvalue weighted by Crippen LogP contribution is 2.26. The van der Waals surface area contributed by atoms with Gasteiger partial charge in [0.2, 0.25) is 5.91 Å². The van der Waals surface area contributed by atoms with Crippen molar-refractivity contribution in [3.63, 3.8) is 0 Å². The van der Waals surface area contributed by atoms with E-state index in [0.717, 1.165) is 42.1 Å². The lowest BCUT2D eigenvalue weighted by atomic mass is 9.95. The summed E-state index contributed by atoms with van der Waals surface area (Å²) in [5.74, 6) is 0.0554. The number of unbranched alkanes of at least 4 members (excludes halogenated alkanes) is 2. The second-order valence-corrected chi connectivity index (χ2v) is 8.97. The maximum absolute atomic E-state index is 12.9. The summed E-state index contributed by atoms with van der Waals surface area (Å²) in [4.78, 5) is 31.7. The average Bonchev–Trinajstić information content (AvgIpc) is 3.52. The van der Waals surface area contributed by atoms with Crippen LogP contribution in [0.4, 0.5) is 0 Å². The number of carbonyl (C=O) groups excluding carboxylic acids is 2. The van der Waals surface area contributed by atoms with E-state index in [0.29, 0.717) is 31.6 Å². The lowest BCUT2D eigenvalue weighted by molar-refractivity contribution is -0.126. The summed E-state index contributed by atoms with van der Waals surface area (Å²) in [5.41, 5.74) is 2.32. The Morgan fingerprint density at radius 1 is 1.16 bits per heavy atom. The highest BCUT2D eigenvalue weighted by atomic mass is 32.1. The number of carbonyl (C=O) groups is 2. The first-order chi connectivity index (χ1) is 15.7. The van der Waals surface area contributed by atoms with Crippen molar-refractivity contribution in [2.75, 3.05) is 19.6 Å². The zero-order valence-corrected chi connectivity index (χ0v) is 19.2. The van der Waals surface area contributed by atoms with Gasteiger partial charge in [0.05, 0.1) is 11.9 Å². The van der Waals surface area contributed by atoms with Crippen LogP contribution >= 0.6 is 11.3 Å². The maximum Gasteiger partial charge on any atom is 0.273 e. The summed E-state index contributed by atoms with van der Waals surface area (Å²) in [7, 11) is 0. The molecule has 1 aromatic carbocycles. The molecule has 1 fully saturated rings. The van der Waals surface area contributed by atoms with Crippen molar-refractivity contribution in [1.29, 1.82) is 0 Å². The number of hydrogen-bond acceptors (Lipinski definition) is 5. The molecule has 8 heteroatoms. The van der Waals surface area contributed by atoms with E-state index >= 15 is 0 Å². The molecule has 0 bridgehead atoms. The largest absolute Gasteiger partial charge is 0.356 e. The van der Waals surface area contributed by atoms with E-state index in [9.17, 15) is 9.59 Å². The Morgan fingerprint density at radius 2 is 1.94 bits per heavy atom. The number of nitrogens with zero attached hydrogens (tertiary/aromatic N) is 4. The summed E-state index contributed by atoms with van der Waals surface area (Å²) in [6, 6.07) is 9.88. The number of hydrogen-bond donors (Lipinski definition) is 1. The number of thiazole rings is 1. The summed E-state index contributed by atoms with van der Waals surface area (Å²) in [5, 5.41) is 10.0. The minimum Gasteiger partial charge on any atom is -0.356 e. The molecule has 168 valence electrons. The summed E-state index contributed by atoms with van der Waals surface area (Å²) in [6.45, 7) is 4.07. The van der Waals surface area contributed by atoms with Gasteiger partial charge in [-0.15, -0.1) is 11.3 Å². The maximum atomic E-state index is 12.9. The number of aromatic nitrogens is 3. The molecular weight excluding hydrogens is 422 g/mol. The number of rotatable bonds is 8. The quantitative estimate of drug-likeness (QED) is 0.522. The third-order valence-electron chi connectivity index (χ3n) is 5.81. The SMILES string of the molecule is CCCCCNC(=O)C1CCN(C(=O)c2csc(-c3cnn(-c4ccccc4)c3)n2)CC1. The van der Waals surface area contributed by atoms with E-state index in [1.165, 1.54) is 11.3 Å². The van der Waals surface area contributed by atoms with Crippen LogP contribution in [0.2, 0.25) is 0 Å². The van der Waals surface area contributed by atoms with Gasteiger partial charge in [0, 0.05) is 42.7 Å². The standard InChI is InChI=1S/C24H29N5O2S/c1-2-3-7-12-25-22(30)18-10-13-28(14-11-18)24(31)21-17-32-23(27-21)19-15-26-29(16-19)20-8-5-4-6-9-20/h4-6,8-9,15-18H,2-3,7,10-14H2,1H3,(H,25,30). The zero-order chi connectivity index (χ0) is 22.3. The van der Waals surface area contributed by atoms with E-state index in [1.54, 1.807) is 10.9 Å². The molecule has 1 aliphatic heterocycles. The predicted molar refractivity (Wildman–Crippen MR) is 126 cm³/mol. The Balaban J connectivity index is 1.32. The van der Waals surface area contributed by atoms with Crippen LogP contribution in [-0.2, 0) is 4.79 Å². The van der Waals surface area contributed by atoms with Crippen LogP contribution in [0.25, 0.3) is 16.3 Å². The molecule has 0 radical (unpaired) electrons. The van der Waals surface area contributed by atoms with Gasteiger partial charge >= 0.3 is 0 Å². The van der Waals surface area contributed by atoms with E-state index in [-0.39, 0.29) is 17.7 Å². The van der Waals surface area contributed by atoms with E-state index in [4.69, 9.17) is 0 Å². The molecule has 4 rings (SSSR count). The van der Waals surface area contributed by atoms with Crippen molar-refractivity contribution >= 4 is 23.2 Å². The third kappa shape index (κ3) is 5.24.